The molecule has 0 saturated carbocycles. The smallest absolute Gasteiger partial charge is 0.338 e. The number of hydrogen-bond acceptors (Lipinski definition) is 7. The standard InChI is InChI=1S/C20H16N2O4S2/c1-11-2-7-15(28-11)14-10-27-19-17(14)18(24)21-16(22-19)9-26-20(25)13-5-3-12(8-23)4-6-13/h2-7,10,23H,8-9H2,1H3,(H,21,22,24). The molecule has 28 heavy (non-hydrogen) atoms. The minimum absolute atomic E-state index is 0.0889. The first-order chi connectivity index (χ1) is 13.5. The molecule has 4 rings (SSSR count). The average molecular weight is 412 g/mol. The van der Waals surface area contributed by atoms with E-state index in [0.717, 1.165) is 10.4 Å². The Balaban J connectivity index is 1.55. The Morgan fingerprint density at radius 1 is 1.21 bits per heavy atom. The van der Waals surface area contributed by atoms with Crippen molar-refractivity contribution in [1.29, 1.82) is 0 Å². The van der Waals surface area contributed by atoms with Crippen LogP contribution in [0.15, 0.2) is 46.6 Å². The summed E-state index contributed by atoms with van der Waals surface area (Å²) in [4.78, 5) is 34.7. The van der Waals surface area contributed by atoms with Crippen LogP contribution in [0.25, 0.3) is 20.7 Å². The number of aryl methyl sites for hydroxylation is 1. The second kappa shape index (κ2) is 7.67. The van der Waals surface area contributed by atoms with Gasteiger partial charge in [0.25, 0.3) is 5.56 Å². The van der Waals surface area contributed by atoms with E-state index >= 15 is 0 Å². The number of esters is 1. The zero-order valence-corrected chi connectivity index (χ0v) is 16.5. The van der Waals surface area contributed by atoms with Gasteiger partial charge in [-0.1, -0.05) is 12.1 Å². The highest BCUT2D eigenvalue weighted by Crippen LogP contribution is 2.34. The summed E-state index contributed by atoms with van der Waals surface area (Å²) in [6.45, 7) is 1.81. The molecule has 0 aliphatic rings. The van der Waals surface area contributed by atoms with Gasteiger partial charge in [0.1, 0.15) is 17.3 Å². The van der Waals surface area contributed by atoms with E-state index in [2.05, 4.69) is 9.97 Å². The molecule has 0 amide bonds. The van der Waals surface area contributed by atoms with Crippen molar-refractivity contribution in [2.45, 2.75) is 20.1 Å². The lowest BCUT2D eigenvalue weighted by Crippen LogP contribution is -2.14. The molecule has 0 radical (unpaired) electrons. The van der Waals surface area contributed by atoms with Gasteiger partial charge in [-0.2, -0.15) is 0 Å². The first kappa shape index (κ1) is 18.5. The fourth-order valence-electron chi connectivity index (χ4n) is 2.79. The molecule has 142 valence electrons. The van der Waals surface area contributed by atoms with Crippen molar-refractivity contribution in [3.8, 4) is 10.4 Å². The predicted octanol–water partition coefficient (Wildman–Crippen LogP) is 3.87. The topological polar surface area (TPSA) is 92.3 Å². The number of aliphatic hydroxyl groups excluding tert-OH is 1. The van der Waals surface area contributed by atoms with E-state index in [-0.39, 0.29) is 18.8 Å². The number of carbonyl (C=O) groups excluding carboxylic acids is 1. The first-order valence-electron chi connectivity index (χ1n) is 8.49. The van der Waals surface area contributed by atoms with Crippen molar-refractivity contribution in [3.05, 3.63) is 74.0 Å². The molecule has 0 bridgehead atoms. The Labute approximate surface area is 168 Å². The maximum Gasteiger partial charge on any atom is 0.338 e. The van der Waals surface area contributed by atoms with E-state index in [4.69, 9.17) is 9.84 Å². The van der Waals surface area contributed by atoms with E-state index in [9.17, 15) is 9.59 Å². The predicted molar refractivity (Wildman–Crippen MR) is 110 cm³/mol. The van der Waals surface area contributed by atoms with Crippen molar-refractivity contribution >= 4 is 38.9 Å². The summed E-state index contributed by atoms with van der Waals surface area (Å²) in [5, 5.41) is 11.5. The summed E-state index contributed by atoms with van der Waals surface area (Å²) in [6.07, 6.45) is 0. The maximum atomic E-state index is 12.6. The third-order valence-corrected chi connectivity index (χ3v) is 6.12. The highest BCUT2D eigenvalue weighted by molar-refractivity contribution is 7.19. The van der Waals surface area contributed by atoms with E-state index in [1.807, 2.05) is 24.4 Å². The van der Waals surface area contributed by atoms with E-state index in [0.29, 0.717) is 27.2 Å². The summed E-state index contributed by atoms with van der Waals surface area (Å²) >= 11 is 3.02. The quantitative estimate of drug-likeness (QED) is 0.486. The van der Waals surface area contributed by atoms with Crippen LogP contribution in [-0.4, -0.2) is 21.0 Å². The molecule has 0 aliphatic heterocycles. The molecule has 4 aromatic rings. The molecular weight excluding hydrogens is 396 g/mol. The van der Waals surface area contributed by atoms with E-state index < -0.39 is 5.97 Å². The zero-order valence-electron chi connectivity index (χ0n) is 14.9. The number of nitrogens with zero attached hydrogens (tertiary/aromatic N) is 1. The number of aromatic nitrogens is 2. The number of nitrogens with one attached hydrogen (secondary N) is 1. The van der Waals surface area contributed by atoms with Crippen LogP contribution >= 0.6 is 22.7 Å². The lowest BCUT2D eigenvalue weighted by molar-refractivity contribution is 0.0462. The fraction of sp³-hybridized carbons (Fsp3) is 0.150. The molecule has 0 unspecified atom stereocenters. The normalized spacial score (nSPS) is 11.1. The van der Waals surface area contributed by atoms with Gasteiger partial charge in [0.05, 0.1) is 17.6 Å². The van der Waals surface area contributed by atoms with Gasteiger partial charge in [0, 0.05) is 20.7 Å². The number of rotatable bonds is 5. The molecule has 0 spiro atoms. The number of H-pyrrole nitrogens is 1. The van der Waals surface area contributed by atoms with E-state index in [1.54, 1.807) is 35.6 Å². The number of aromatic amines is 1. The van der Waals surface area contributed by atoms with Crippen LogP contribution in [0.2, 0.25) is 0 Å². The number of thiophene rings is 2. The van der Waals surface area contributed by atoms with Crippen LogP contribution in [0.5, 0.6) is 0 Å². The van der Waals surface area contributed by atoms with E-state index in [1.165, 1.54) is 16.2 Å². The van der Waals surface area contributed by atoms with Gasteiger partial charge in [0.15, 0.2) is 0 Å². The third-order valence-electron chi connectivity index (χ3n) is 4.21. The molecule has 2 N–H and O–H groups in total. The highest BCUT2D eigenvalue weighted by Gasteiger charge is 2.15. The van der Waals surface area contributed by atoms with Crippen LogP contribution in [-0.2, 0) is 18.0 Å². The van der Waals surface area contributed by atoms with Gasteiger partial charge in [-0.15, -0.1) is 22.7 Å². The van der Waals surface area contributed by atoms with Gasteiger partial charge in [-0.05, 0) is 36.8 Å². The Morgan fingerprint density at radius 3 is 2.68 bits per heavy atom. The Bertz CT molecular complexity index is 1210. The van der Waals surface area contributed by atoms with Crippen molar-refractivity contribution in [1.82, 2.24) is 9.97 Å². The number of fused-ring (bicyclic) bond motifs is 1. The average Bonchev–Trinajstić information content (AvgIpc) is 3.32. The van der Waals surface area contributed by atoms with Crippen molar-refractivity contribution < 1.29 is 14.6 Å². The summed E-state index contributed by atoms with van der Waals surface area (Å²) in [5.41, 5.74) is 1.71. The number of benzene rings is 1. The van der Waals surface area contributed by atoms with Crippen molar-refractivity contribution in [2.24, 2.45) is 0 Å². The number of ether oxygens (including phenoxy) is 1. The van der Waals surface area contributed by atoms with Gasteiger partial charge in [-0.3, -0.25) is 4.79 Å². The van der Waals surface area contributed by atoms with Crippen LogP contribution < -0.4 is 5.56 Å². The fourth-order valence-corrected chi connectivity index (χ4v) is 4.71. The van der Waals surface area contributed by atoms with Crippen molar-refractivity contribution in [2.75, 3.05) is 0 Å². The minimum atomic E-state index is -0.520. The van der Waals surface area contributed by atoms with Gasteiger partial charge < -0.3 is 14.8 Å². The molecule has 0 atom stereocenters. The zero-order chi connectivity index (χ0) is 19.7. The van der Waals surface area contributed by atoms with Crippen LogP contribution in [0.3, 0.4) is 0 Å². The Kier molecular flexibility index (Phi) is 5.08. The minimum Gasteiger partial charge on any atom is -0.454 e. The van der Waals surface area contributed by atoms with Crippen LogP contribution in [0.1, 0.15) is 26.6 Å². The molecule has 0 aliphatic carbocycles. The van der Waals surface area contributed by atoms with Gasteiger partial charge in [-0.25, -0.2) is 9.78 Å². The summed E-state index contributed by atoms with van der Waals surface area (Å²) in [7, 11) is 0. The Hall–Kier alpha value is -2.81. The molecule has 6 nitrogen and oxygen atoms in total. The highest BCUT2D eigenvalue weighted by atomic mass is 32.1. The monoisotopic (exact) mass is 412 g/mol. The molecule has 3 aromatic heterocycles. The van der Waals surface area contributed by atoms with Gasteiger partial charge >= 0.3 is 5.97 Å². The van der Waals surface area contributed by atoms with Crippen LogP contribution in [0, 0.1) is 6.92 Å². The summed E-state index contributed by atoms with van der Waals surface area (Å²) in [6, 6.07) is 10.5. The van der Waals surface area contributed by atoms with Crippen LogP contribution in [0.4, 0.5) is 0 Å². The Morgan fingerprint density at radius 2 is 2.00 bits per heavy atom. The molecule has 1 aromatic carbocycles. The molecule has 3 heterocycles. The summed E-state index contributed by atoms with van der Waals surface area (Å²) < 4.78 is 5.26. The SMILES string of the molecule is Cc1ccc(-c2csc3nc(COC(=O)c4ccc(CO)cc4)[nH]c(=O)c23)s1. The maximum absolute atomic E-state index is 12.6. The third kappa shape index (κ3) is 3.62. The number of carbonyl (C=O) groups is 1. The number of aliphatic hydroxyl groups is 1. The lowest BCUT2D eigenvalue weighted by Gasteiger charge is -2.05. The lowest BCUT2D eigenvalue weighted by atomic mass is 10.1. The number of hydrogen-bond donors (Lipinski definition) is 2. The first-order valence-corrected chi connectivity index (χ1v) is 10.2. The largest absolute Gasteiger partial charge is 0.454 e. The summed E-state index contributed by atoms with van der Waals surface area (Å²) in [5.74, 6) is -0.221. The molecule has 8 heteroatoms. The second-order valence-electron chi connectivity index (χ2n) is 6.18. The van der Waals surface area contributed by atoms with Crippen molar-refractivity contribution in [3.63, 3.8) is 0 Å². The van der Waals surface area contributed by atoms with Gasteiger partial charge in [0.2, 0.25) is 0 Å². The second-order valence-corrected chi connectivity index (χ2v) is 8.33. The molecule has 0 fully saturated rings. The molecule has 0 saturated heterocycles. The molecular formula is C20H16N2O4S2.